The fourth-order valence-electron chi connectivity index (χ4n) is 4.41. The average molecular weight is 248 g/mol. The van der Waals surface area contributed by atoms with Gasteiger partial charge in [0.1, 0.15) is 0 Å². The maximum absolute atomic E-state index is 10.7. The van der Waals surface area contributed by atoms with Crippen LogP contribution < -0.4 is 0 Å². The molecule has 0 aliphatic heterocycles. The van der Waals surface area contributed by atoms with E-state index in [1.165, 1.54) is 11.1 Å². The summed E-state index contributed by atoms with van der Waals surface area (Å²) in [5.41, 5.74) is 2.76. The lowest BCUT2D eigenvalue weighted by atomic mass is 9.57. The fraction of sp³-hybridized carbons (Fsp3) is 0.750. The normalized spacial score (nSPS) is 47.8. The first-order valence-electron chi connectivity index (χ1n) is 7.25. The first-order valence-corrected chi connectivity index (χ1v) is 7.25. The second-order valence-electron chi connectivity index (χ2n) is 6.62. The Morgan fingerprint density at radius 3 is 1.56 bits per heavy atom. The molecule has 0 aromatic heterocycles. The van der Waals surface area contributed by atoms with Gasteiger partial charge >= 0.3 is 0 Å². The summed E-state index contributed by atoms with van der Waals surface area (Å²) >= 11 is 0. The minimum absolute atomic E-state index is 0.226. The van der Waals surface area contributed by atoms with Crippen molar-refractivity contribution in [2.45, 2.75) is 51.7 Å². The monoisotopic (exact) mass is 248 g/mol. The van der Waals surface area contributed by atoms with Crippen LogP contribution in [0.3, 0.4) is 0 Å². The zero-order chi connectivity index (χ0) is 12.9. The van der Waals surface area contributed by atoms with Crippen LogP contribution in [0.4, 0.5) is 0 Å². The second kappa shape index (κ2) is 4.50. The Balaban J connectivity index is 1.89. The highest BCUT2D eigenvalue weighted by Crippen LogP contribution is 2.49. The summed E-state index contributed by atoms with van der Waals surface area (Å²) in [4.78, 5) is 0. The molecule has 6 atom stereocenters. The van der Waals surface area contributed by atoms with Crippen LogP contribution in [0.5, 0.6) is 0 Å². The Labute approximate surface area is 109 Å². The highest BCUT2D eigenvalue weighted by atomic mass is 16.3. The molecule has 1 fully saturated rings. The van der Waals surface area contributed by atoms with Gasteiger partial charge in [0.05, 0.1) is 12.2 Å². The lowest BCUT2D eigenvalue weighted by Crippen LogP contribution is -2.53. The molecule has 3 rings (SSSR count). The third-order valence-electron chi connectivity index (χ3n) is 5.45. The number of aliphatic hydroxyl groups excluding tert-OH is 2. The van der Waals surface area contributed by atoms with E-state index >= 15 is 0 Å². The zero-order valence-corrected chi connectivity index (χ0v) is 11.3. The summed E-state index contributed by atoms with van der Waals surface area (Å²) in [5.74, 6) is 1.10. The van der Waals surface area contributed by atoms with Crippen LogP contribution in [0.15, 0.2) is 23.3 Å². The average Bonchev–Trinajstić information content (AvgIpc) is 2.36. The molecule has 18 heavy (non-hydrogen) atoms. The molecule has 0 aromatic rings. The molecule has 2 nitrogen and oxygen atoms in total. The Kier molecular flexibility index (Phi) is 3.11. The van der Waals surface area contributed by atoms with Crippen molar-refractivity contribution < 1.29 is 10.2 Å². The Hall–Kier alpha value is -0.600. The predicted molar refractivity (Wildman–Crippen MR) is 72.0 cm³/mol. The van der Waals surface area contributed by atoms with Gasteiger partial charge in [-0.2, -0.15) is 0 Å². The van der Waals surface area contributed by atoms with E-state index < -0.39 is 0 Å². The first-order chi connectivity index (χ1) is 8.58. The Morgan fingerprint density at radius 2 is 1.17 bits per heavy atom. The lowest BCUT2D eigenvalue weighted by Gasteiger charge is -2.51. The van der Waals surface area contributed by atoms with Crippen molar-refractivity contribution in [3.63, 3.8) is 0 Å². The molecule has 0 heterocycles. The lowest BCUT2D eigenvalue weighted by molar-refractivity contribution is -0.121. The summed E-state index contributed by atoms with van der Waals surface area (Å²) < 4.78 is 0. The van der Waals surface area contributed by atoms with Crippen molar-refractivity contribution >= 4 is 0 Å². The zero-order valence-electron chi connectivity index (χ0n) is 11.3. The highest BCUT2D eigenvalue weighted by Gasteiger charge is 2.49. The van der Waals surface area contributed by atoms with Gasteiger partial charge < -0.3 is 10.2 Å². The SMILES string of the molecule is CC1=CC[C@@H]2[C@H](O)[C@@H]3CC(C)=CC[C@@H]3[C@H](O)[C@@H]2C1. The van der Waals surface area contributed by atoms with Crippen LogP contribution >= 0.6 is 0 Å². The van der Waals surface area contributed by atoms with Crippen LogP contribution in [0.25, 0.3) is 0 Å². The molecular formula is C16H24O2. The predicted octanol–water partition coefficient (Wildman–Crippen LogP) is 2.67. The van der Waals surface area contributed by atoms with Crippen LogP contribution in [0.2, 0.25) is 0 Å². The van der Waals surface area contributed by atoms with Gasteiger partial charge in [0.25, 0.3) is 0 Å². The van der Waals surface area contributed by atoms with Crippen LogP contribution in [0.1, 0.15) is 39.5 Å². The van der Waals surface area contributed by atoms with E-state index in [0.29, 0.717) is 0 Å². The smallest absolute Gasteiger partial charge is 0.0610 e. The molecule has 0 bridgehead atoms. The van der Waals surface area contributed by atoms with Crippen molar-refractivity contribution in [1.82, 2.24) is 0 Å². The number of allylic oxidation sites excluding steroid dienone is 4. The van der Waals surface area contributed by atoms with Crippen molar-refractivity contribution in [3.8, 4) is 0 Å². The molecule has 3 aliphatic carbocycles. The molecule has 0 aromatic carbocycles. The topological polar surface area (TPSA) is 40.5 Å². The molecule has 0 amide bonds. The number of aliphatic hydroxyl groups is 2. The molecule has 0 radical (unpaired) electrons. The third kappa shape index (κ3) is 1.86. The molecule has 3 aliphatic rings. The van der Waals surface area contributed by atoms with Gasteiger partial charge in [-0.05, 0) is 63.2 Å². The van der Waals surface area contributed by atoms with E-state index in [9.17, 15) is 10.2 Å². The van der Waals surface area contributed by atoms with Gasteiger partial charge in [-0.3, -0.25) is 0 Å². The summed E-state index contributed by atoms with van der Waals surface area (Å²) in [6.45, 7) is 4.29. The maximum atomic E-state index is 10.7. The summed E-state index contributed by atoms with van der Waals surface area (Å²) in [6, 6.07) is 0. The molecule has 0 saturated heterocycles. The van der Waals surface area contributed by atoms with Crippen molar-refractivity contribution in [2.24, 2.45) is 23.7 Å². The standard InChI is InChI=1S/C16H24O2/c1-9-3-5-11-13(7-9)15(17)12-6-4-10(2)8-14(12)16(11)18/h3-4,11-18H,5-8H2,1-2H3/t11-,12-,13+,14+,15-,16-/m0/s1. The van der Waals surface area contributed by atoms with E-state index in [4.69, 9.17) is 0 Å². The molecule has 1 saturated carbocycles. The van der Waals surface area contributed by atoms with E-state index in [-0.39, 0.29) is 35.9 Å². The van der Waals surface area contributed by atoms with Crippen molar-refractivity contribution in [1.29, 1.82) is 0 Å². The molecule has 100 valence electrons. The maximum Gasteiger partial charge on any atom is 0.0610 e. The van der Waals surface area contributed by atoms with Gasteiger partial charge in [-0.1, -0.05) is 23.3 Å². The quantitative estimate of drug-likeness (QED) is 0.647. The van der Waals surface area contributed by atoms with E-state index in [2.05, 4.69) is 26.0 Å². The van der Waals surface area contributed by atoms with Gasteiger partial charge in [-0.25, -0.2) is 0 Å². The molecular weight excluding hydrogens is 224 g/mol. The van der Waals surface area contributed by atoms with Gasteiger partial charge in [0, 0.05) is 0 Å². The molecule has 2 N–H and O–H groups in total. The minimum Gasteiger partial charge on any atom is -0.393 e. The first kappa shape index (κ1) is 12.4. The van der Waals surface area contributed by atoms with Crippen molar-refractivity contribution in [3.05, 3.63) is 23.3 Å². The van der Waals surface area contributed by atoms with E-state index in [1.54, 1.807) is 0 Å². The van der Waals surface area contributed by atoms with Crippen LogP contribution in [-0.4, -0.2) is 22.4 Å². The minimum atomic E-state index is -0.226. The van der Waals surface area contributed by atoms with Crippen LogP contribution in [-0.2, 0) is 0 Å². The number of fused-ring (bicyclic) bond motifs is 2. The second-order valence-corrected chi connectivity index (χ2v) is 6.62. The fourth-order valence-corrected chi connectivity index (χ4v) is 4.41. The number of rotatable bonds is 0. The Bertz CT molecular complexity index is 358. The van der Waals surface area contributed by atoms with Gasteiger partial charge in [0.2, 0.25) is 0 Å². The van der Waals surface area contributed by atoms with Gasteiger partial charge in [0.15, 0.2) is 0 Å². The summed E-state index contributed by atoms with van der Waals surface area (Å²) in [5, 5.41) is 21.3. The van der Waals surface area contributed by atoms with E-state index in [0.717, 1.165) is 25.7 Å². The van der Waals surface area contributed by atoms with Crippen LogP contribution in [0, 0.1) is 23.7 Å². The number of hydrogen-bond donors (Lipinski definition) is 2. The number of hydrogen-bond acceptors (Lipinski definition) is 2. The molecule has 0 unspecified atom stereocenters. The third-order valence-corrected chi connectivity index (χ3v) is 5.45. The van der Waals surface area contributed by atoms with Gasteiger partial charge in [-0.15, -0.1) is 0 Å². The largest absolute Gasteiger partial charge is 0.393 e. The molecule has 2 heteroatoms. The van der Waals surface area contributed by atoms with Crippen molar-refractivity contribution in [2.75, 3.05) is 0 Å². The van der Waals surface area contributed by atoms with E-state index in [1.807, 2.05) is 0 Å². The molecule has 0 spiro atoms. The highest BCUT2D eigenvalue weighted by molar-refractivity contribution is 5.16. The summed E-state index contributed by atoms with van der Waals surface area (Å²) in [7, 11) is 0. The Morgan fingerprint density at radius 1 is 0.778 bits per heavy atom. The summed E-state index contributed by atoms with van der Waals surface area (Å²) in [6.07, 6.45) is 7.88.